The van der Waals surface area contributed by atoms with E-state index in [-0.39, 0.29) is 5.82 Å². The maximum absolute atomic E-state index is 13.0. The minimum atomic E-state index is -0.430. The molecule has 0 atom stereocenters. The fraction of sp³-hybridized carbons (Fsp3) is 0.0357. The normalized spacial score (nSPS) is 10.7. The number of nitrogens with zero attached hydrogens (tertiary/aromatic N) is 2. The highest BCUT2D eigenvalue weighted by Crippen LogP contribution is 2.30. The minimum absolute atomic E-state index is 0.366. The fourth-order valence-corrected chi connectivity index (χ4v) is 3.57. The van der Waals surface area contributed by atoms with Crippen LogP contribution in [0.1, 0.15) is 5.56 Å². The first-order valence-corrected chi connectivity index (χ1v) is 11.0. The molecule has 6 nitrogen and oxygen atoms in total. The summed E-state index contributed by atoms with van der Waals surface area (Å²) < 4.78 is 19.2. The second kappa shape index (κ2) is 9.61. The zero-order chi connectivity index (χ0) is 24.2. The molecule has 5 rings (SSSR count). The number of aryl methyl sites for hydroxylation is 1. The molecule has 0 saturated carbocycles. The van der Waals surface area contributed by atoms with Crippen molar-refractivity contribution >= 4 is 28.3 Å². The number of ether oxygens (including phenoxy) is 1. The molecule has 7 heteroatoms. The molecular weight excluding hydrogens is 443 g/mol. The number of nitrogens with one attached hydrogen (secondary N) is 2. The molecule has 0 radical (unpaired) electrons. The van der Waals surface area contributed by atoms with E-state index < -0.39 is 6.03 Å². The first kappa shape index (κ1) is 22.0. The van der Waals surface area contributed by atoms with Crippen molar-refractivity contribution in [2.75, 3.05) is 10.6 Å². The van der Waals surface area contributed by atoms with Gasteiger partial charge in [-0.15, -0.1) is 0 Å². The van der Waals surface area contributed by atoms with E-state index in [9.17, 15) is 9.18 Å². The summed E-state index contributed by atoms with van der Waals surface area (Å²) in [6, 6.07) is 27.8. The molecular formula is C28H21FN4O2. The molecule has 0 bridgehead atoms. The van der Waals surface area contributed by atoms with Crippen LogP contribution >= 0.6 is 0 Å². The van der Waals surface area contributed by atoms with E-state index in [0.717, 1.165) is 22.0 Å². The Hall–Kier alpha value is -4.78. The van der Waals surface area contributed by atoms with Crippen LogP contribution in [0.5, 0.6) is 11.6 Å². The second-order valence-corrected chi connectivity index (χ2v) is 7.95. The molecule has 2 N–H and O–H groups in total. The maximum Gasteiger partial charge on any atom is 0.323 e. The van der Waals surface area contributed by atoms with Gasteiger partial charge in [-0.1, -0.05) is 24.3 Å². The molecule has 1 aromatic heterocycles. The lowest BCUT2D eigenvalue weighted by Gasteiger charge is -2.11. The van der Waals surface area contributed by atoms with Gasteiger partial charge in [0, 0.05) is 16.9 Å². The lowest BCUT2D eigenvalue weighted by atomic mass is 10.1. The van der Waals surface area contributed by atoms with Crippen LogP contribution in [-0.2, 0) is 0 Å². The third-order valence-corrected chi connectivity index (χ3v) is 5.28. The maximum atomic E-state index is 13.0. The van der Waals surface area contributed by atoms with Gasteiger partial charge in [-0.3, -0.25) is 0 Å². The van der Waals surface area contributed by atoms with Crippen LogP contribution in [0.15, 0.2) is 97.1 Å². The number of aromatic nitrogens is 2. The SMILES string of the molecule is Cc1cccc(Oc2nc(-c3ccc(NC(=O)Nc4ccc(F)cc4)cc3)nc3ccccc23)c1. The van der Waals surface area contributed by atoms with Crippen molar-refractivity contribution in [2.24, 2.45) is 0 Å². The molecule has 1 heterocycles. The first-order chi connectivity index (χ1) is 17.0. The van der Waals surface area contributed by atoms with Crippen LogP contribution in [0.2, 0.25) is 0 Å². The Morgan fingerprint density at radius 2 is 1.49 bits per heavy atom. The largest absolute Gasteiger partial charge is 0.438 e. The average molecular weight is 465 g/mol. The predicted molar refractivity (Wildman–Crippen MR) is 135 cm³/mol. The molecule has 0 aliphatic heterocycles. The molecule has 0 saturated heterocycles. The topological polar surface area (TPSA) is 76.1 Å². The highest BCUT2D eigenvalue weighted by Gasteiger charge is 2.12. The van der Waals surface area contributed by atoms with E-state index in [1.54, 1.807) is 12.1 Å². The zero-order valence-electron chi connectivity index (χ0n) is 18.8. The van der Waals surface area contributed by atoms with Crippen molar-refractivity contribution in [3.05, 3.63) is 108 Å². The van der Waals surface area contributed by atoms with Crippen LogP contribution in [0.3, 0.4) is 0 Å². The Morgan fingerprint density at radius 1 is 0.800 bits per heavy atom. The van der Waals surface area contributed by atoms with Crippen molar-refractivity contribution in [1.82, 2.24) is 9.97 Å². The number of amides is 2. The minimum Gasteiger partial charge on any atom is -0.438 e. The molecule has 4 aromatic carbocycles. The van der Waals surface area contributed by atoms with E-state index in [2.05, 4.69) is 15.6 Å². The van der Waals surface area contributed by atoms with Gasteiger partial charge in [0.05, 0.1) is 10.9 Å². The number of para-hydroxylation sites is 1. The number of urea groups is 1. The third kappa shape index (κ3) is 5.25. The molecule has 5 aromatic rings. The summed E-state index contributed by atoms with van der Waals surface area (Å²) in [5.41, 5.74) is 3.71. The second-order valence-electron chi connectivity index (χ2n) is 7.95. The summed E-state index contributed by atoms with van der Waals surface area (Å²) in [7, 11) is 0. The first-order valence-electron chi connectivity index (χ1n) is 11.0. The number of benzene rings is 4. The van der Waals surface area contributed by atoms with Gasteiger partial charge in [0.15, 0.2) is 5.82 Å². The molecule has 172 valence electrons. The lowest BCUT2D eigenvalue weighted by Crippen LogP contribution is -2.19. The van der Waals surface area contributed by atoms with Gasteiger partial charge in [-0.2, -0.15) is 4.98 Å². The summed E-state index contributed by atoms with van der Waals surface area (Å²) in [6.07, 6.45) is 0. The Balaban J connectivity index is 1.38. The number of carbonyl (C=O) groups excluding carboxylic acids is 1. The summed E-state index contributed by atoms with van der Waals surface area (Å²) in [6.45, 7) is 2.01. The van der Waals surface area contributed by atoms with Gasteiger partial charge < -0.3 is 15.4 Å². The fourth-order valence-electron chi connectivity index (χ4n) is 3.57. The van der Waals surface area contributed by atoms with Crippen LogP contribution < -0.4 is 15.4 Å². The van der Waals surface area contributed by atoms with Gasteiger partial charge in [0.2, 0.25) is 5.88 Å². The quantitative estimate of drug-likeness (QED) is 0.289. The summed E-state index contributed by atoms with van der Waals surface area (Å²) in [5.74, 6) is 1.31. The van der Waals surface area contributed by atoms with Crippen molar-refractivity contribution in [1.29, 1.82) is 0 Å². The Morgan fingerprint density at radius 3 is 2.20 bits per heavy atom. The highest BCUT2D eigenvalue weighted by molar-refractivity contribution is 5.99. The molecule has 0 aliphatic carbocycles. The van der Waals surface area contributed by atoms with Gasteiger partial charge in [0.1, 0.15) is 11.6 Å². The Kier molecular flexibility index (Phi) is 6.05. The Labute approximate surface area is 201 Å². The number of carbonyl (C=O) groups is 1. The third-order valence-electron chi connectivity index (χ3n) is 5.28. The van der Waals surface area contributed by atoms with Gasteiger partial charge in [0.25, 0.3) is 0 Å². The van der Waals surface area contributed by atoms with Gasteiger partial charge in [-0.05, 0) is 85.3 Å². The number of hydrogen-bond acceptors (Lipinski definition) is 4. The zero-order valence-corrected chi connectivity index (χ0v) is 18.8. The van der Waals surface area contributed by atoms with Crippen molar-refractivity contribution in [3.63, 3.8) is 0 Å². The van der Waals surface area contributed by atoms with E-state index in [1.807, 2.05) is 67.6 Å². The van der Waals surface area contributed by atoms with Gasteiger partial charge in [-0.25, -0.2) is 14.2 Å². The average Bonchev–Trinajstić information content (AvgIpc) is 2.86. The number of fused-ring (bicyclic) bond motifs is 1. The molecule has 35 heavy (non-hydrogen) atoms. The van der Waals surface area contributed by atoms with Crippen molar-refractivity contribution in [3.8, 4) is 23.0 Å². The standard InChI is InChI=1S/C28H21FN4O2/c1-18-5-4-6-23(17-18)35-27-24-7-2-3-8-25(24)32-26(33-27)19-9-13-21(14-10-19)30-28(34)31-22-15-11-20(29)12-16-22/h2-17H,1H3,(H2,30,31,34). The van der Waals surface area contributed by atoms with Crippen molar-refractivity contribution < 1.29 is 13.9 Å². The monoisotopic (exact) mass is 464 g/mol. The van der Waals surface area contributed by atoms with E-state index in [4.69, 9.17) is 9.72 Å². The lowest BCUT2D eigenvalue weighted by molar-refractivity contribution is 0.262. The number of halogens is 1. The highest BCUT2D eigenvalue weighted by atomic mass is 19.1. The van der Waals surface area contributed by atoms with Gasteiger partial charge >= 0.3 is 6.03 Å². The molecule has 0 aliphatic rings. The molecule has 0 unspecified atom stereocenters. The molecule has 0 spiro atoms. The van der Waals surface area contributed by atoms with Crippen molar-refractivity contribution in [2.45, 2.75) is 6.92 Å². The van der Waals surface area contributed by atoms with E-state index >= 15 is 0 Å². The smallest absolute Gasteiger partial charge is 0.323 e. The summed E-state index contributed by atoms with van der Waals surface area (Å²) >= 11 is 0. The van der Waals surface area contributed by atoms with Crippen LogP contribution in [0.25, 0.3) is 22.3 Å². The number of rotatable bonds is 5. The number of anilines is 2. The van der Waals surface area contributed by atoms with E-state index in [0.29, 0.717) is 28.8 Å². The molecule has 2 amide bonds. The summed E-state index contributed by atoms with van der Waals surface area (Å²) in [4.78, 5) is 21.6. The predicted octanol–water partition coefficient (Wildman–Crippen LogP) is 7.18. The Bertz CT molecular complexity index is 1500. The van der Waals surface area contributed by atoms with Crippen LogP contribution in [0, 0.1) is 12.7 Å². The van der Waals surface area contributed by atoms with Crippen LogP contribution in [-0.4, -0.2) is 16.0 Å². The van der Waals surface area contributed by atoms with E-state index in [1.165, 1.54) is 24.3 Å². The molecule has 0 fully saturated rings. The van der Waals surface area contributed by atoms with Crippen LogP contribution in [0.4, 0.5) is 20.6 Å². The summed E-state index contributed by atoms with van der Waals surface area (Å²) in [5, 5.41) is 6.23. The number of hydrogen-bond donors (Lipinski definition) is 2.